The monoisotopic (exact) mass is 188 g/mol. The highest BCUT2D eigenvalue weighted by Crippen LogP contribution is 2.17. The van der Waals surface area contributed by atoms with Crippen molar-refractivity contribution in [2.75, 3.05) is 6.54 Å². The fraction of sp³-hybridized carbons (Fsp3) is 0.167. The van der Waals surface area contributed by atoms with Crippen LogP contribution in [-0.2, 0) is 0 Å². The highest BCUT2D eigenvalue weighted by Gasteiger charge is 2.00. The van der Waals surface area contributed by atoms with Crippen molar-refractivity contribution in [3.05, 3.63) is 53.7 Å². The summed E-state index contributed by atoms with van der Waals surface area (Å²) in [4.78, 5) is 0. The van der Waals surface area contributed by atoms with Crippen LogP contribution in [0.25, 0.3) is 5.57 Å². The first-order chi connectivity index (χ1) is 6.79. The van der Waals surface area contributed by atoms with Crippen molar-refractivity contribution in [2.45, 2.75) is 6.92 Å². The number of hydrogen-bond donors (Lipinski definition) is 2. The minimum Gasteiger partial charge on any atom is -0.405 e. The van der Waals surface area contributed by atoms with E-state index in [1.807, 2.05) is 18.2 Å². The van der Waals surface area contributed by atoms with Gasteiger partial charge < -0.3 is 11.5 Å². The summed E-state index contributed by atoms with van der Waals surface area (Å²) in [6.07, 6.45) is 5.25. The van der Waals surface area contributed by atoms with Crippen molar-refractivity contribution in [3.8, 4) is 0 Å². The summed E-state index contributed by atoms with van der Waals surface area (Å²) >= 11 is 0. The van der Waals surface area contributed by atoms with E-state index in [1.54, 1.807) is 6.08 Å². The molecular formula is C12H16N2. The van der Waals surface area contributed by atoms with Gasteiger partial charge in [0, 0.05) is 6.54 Å². The molecule has 0 bridgehead atoms. The zero-order chi connectivity index (χ0) is 10.4. The molecule has 0 heterocycles. The molecule has 0 fully saturated rings. The fourth-order valence-electron chi connectivity index (χ4n) is 1.37. The first-order valence-electron chi connectivity index (χ1n) is 4.63. The van der Waals surface area contributed by atoms with Crippen molar-refractivity contribution in [1.82, 2.24) is 0 Å². The van der Waals surface area contributed by atoms with Gasteiger partial charge in [-0.1, -0.05) is 30.3 Å². The maximum absolute atomic E-state index is 5.67. The molecule has 1 rings (SSSR count). The van der Waals surface area contributed by atoms with Gasteiger partial charge in [0.25, 0.3) is 0 Å². The van der Waals surface area contributed by atoms with Crippen LogP contribution in [0.15, 0.2) is 42.6 Å². The number of benzene rings is 1. The molecule has 14 heavy (non-hydrogen) atoms. The van der Waals surface area contributed by atoms with Crippen LogP contribution in [0.2, 0.25) is 0 Å². The van der Waals surface area contributed by atoms with Crippen LogP contribution in [0, 0.1) is 6.92 Å². The predicted octanol–water partition coefficient (Wildman–Crippen LogP) is 1.81. The molecule has 0 atom stereocenters. The first-order valence-corrected chi connectivity index (χ1v) is 4.63. The van der Waals surface area contributed by atoms with E-state index in [0.29, 0.717) is 6.54 Å². The van der Waals surface area contributed by atoms with Gasteiger partial charge in [0.2, 0.25) is 0 Å². The van der Waals surface area contributed by atoms with E-state index in [1.165, 1.54) is 17.3 Å². The number of rotatable bonds is 3. The largest absolute Gasteiger partial charge is 0.405 e. The van der Waals surface area contributed by atoms with Crippen molar-refractivity contribution in [1.29, 1.82) is 0 Å². The van der Waals surface area contributed by atoms with Crippen molar-refractivity contribution < 1.29 is 0 Å². The Morgan fingerprint density at radius 1 is 1.36 bits per heavy atom. The van der Waals surface area contributed by atoms with Gasteiger partial charge in [-0.3, -0.25) is 0 Å². The van der Waals surface area contributed by atoms with Gasteiger partial charge in [-0.05, 0) is 35.9 Å². The molecule has 1 aromatic rings. The second-order valence-electron chi connectivity index (χ2n) is 3.10. The Labute approximate surface area is 84.9 Å². The average molecular weight is 188 g/mol. The molecular weight excluding hydrogens is 172 g/mol. The van der Waals surface area contributed by atoms with Gasteiger partial charge in [-0.2, -0.15) is 0 Å². The molecule has 0 aliphatic heterocycles. The summed E-state index contributed by atoms with van der Waals surface area (Å²) in [6, 6.07) is 8.17. The molecule has 0 saturated carbocycles. The third-order valence-corrected chi connectivity index (χ3v) is 2.12. The highest BCUT2D eigenvalue weighted by molar-refractivity contribution is 5.70. The van der Waals surface area contributed by atoms with Gasteiger partial charge in [-0.15, -0.1) is 0 Å². The van der Waals surface area contributed by atoms with Gasteiger partial charge >= 0.3 is 0 Å². The van der Waals surface area contributed by atoms with Crippen LogP contribution in [-0.4, -0.2) is 6.54 Å². The number of nitrogens with two attached hydrogens (primary N) is 2. The molecule has 0 saturated heterocycles. The maximum Gasteiger partial charge on any atom is 0.0184 e. The molecule has 0 amide bonds. The van der Waals surface area contributed by atoms with E-state index in [0.717, 1.165) is 5.57 Å². The molecule has 0 radical (unpaired) electrons. The Morgan fingerprint density at radius 2 is 2.07 bits per heavy atom. The average Bonchev–Trinajstić information content (AvgIpc) is 2.21. The van der Waals surface area contributed by atoms with E-state index in [2.05, 4.69) is 19.1 Å². The zero-order valence-electron chi connectivity index (χ0n) is 8.40. The molecule has 0 aliphatic carbocycles. The molecule has 0 spiro atoms. The summed E-state index contributed by atoms with van der Waals surface area (Å²) in [6.45, 7) is 2.60. The van der Waals surface area contributed by atoms with E-state index < -0.39 is 0 Å². The molecule has 4 N–H and O–H groups in total. The lowest BCUT2D eigenvalue weighted by Crippen LogP contribution is -2.03. The molecule has 1 aromatic carbocycles. The third kappa shape index (κ3) is 2.47. The Balaban J connectivity index is 3.07. The Morgan fingerprint density at radius 3 is 2.64 bits per heavy atom. The smallest absolute Gasteiger partial charge is 0.0184 e. The molecule has 0 aliphatic rings. The minimum absolute atomic E-state index is 0.523. The van der Waals surface area contributed by atoms with Crippen LogP contribution >= 0.6 is 0 Å². The van der Waals surface area contributed by atoms with Crippen LogP contribution in [0.1, 0.15) is 11.1 Å². The Bertz CT molecular complexity index is 351. The number of hydrogen-bond acceptors (Lipinski definition) is 2. The molecule has 2 heteroatoms. The lowest BCUT2D eigenvalue weighted by atomic mass is 10.0. The van der Waals surface area contributed by atoms with Crippen LogP contribution in [0.5, 0.6) is 0 Å². The van der Waals surface area contributed by atoms with E-state index >= 15 is 0 Å². The van der Waals surface area contributed by atoms with E-state index in [-0.39, 0.29) is 0 Å². The van der Waals surface area contributed by atoms with Gasteiger partial charge in [-0.25, -0.2) is 0 Å². The molecule has 0 aromatic heterocycles. The van der Waals surface area contributed by atoms with E-state index in [4.69, 9.17) is 11.5 Å². The van der Waals surface area contributed by atoms with Crippen molar-refractivity contribution >= 4 is 5.57 Å². The maximum atomic E-state index is 5.67. The van der Waals surface area contributed by atoms with Crippen molar-refractivity contribution in [3.63, 3.8) is 0 Å². The number of aryl methyl sites for hydroxylation is 1. The highest BCUT2D eigenvalue weighted by atomic mass is 14.5. The summed E-state index contributed by atoms with van der Waals surface area (Å²) in [5, 5.41) is 0. The van der Waals surface area contributed by atoms with Crippen molar-refractivity contribution in [2.24, 2.45) is 11.5 Å². The predicted molar refractivity (Wildman–Crippen MR) is 61.5 cm³/mol. The Kier molecular flexibility index (Phi) is 3.95. The third-order valence-electron chi connectivity index (χ3n) is 2.12. The summed E-state index contributed by atoms with van der Waals surface area (Å²) < 4.78 is 0. The van der Waals surface area contributed by atoms with Gasteiger partial charge in [0.1, 0.15) is 0 Å². The lowest BCUT2D eigenvalue weighted by molar-refractivity contribution is 1.25. The standard InChI is InChI=1S/C12H16N2/c1-10-5-2-3-7-12(10)11(9-14)6-4-8-13/h2-8H,9,13-14H2,1H3/b8-4-,11-6+. The summed E-state index contributed by atoms with van der Waals surface area (Å²) in [5.41, 5.74) is 14.5. The van der Waals surface area contributed by atoms with Gasteiger partial charge in [0.15, 0.2) is 0 Å². The van der Waals surface area contributed by atoms with Crippen LogP contribution in [0.4, 0.5) is 0 Å². The molecule has 2 nitrogen and oxygen atoms in total. The number of allylic oxidation sites excluding steroid dienone is 2. The van der Waals surface area contributed by atoms with Crippen LogP contribution in [0.3, 0.4) is 0 Å². The molecule has 0 unspecified atom stereocenters. The topological polar surface area (TPSA) is 52.0 Å². The van der Waals surface area contributed by atoms with E-state index in [9.17, 15) is 0 Å². The van der Waals surface area contributed by atoms with Crippen LogP contribution < -0.4 is 11.5 Å². The zero-order valence-corrected chi connectivity index (χ0v) is 8.40. The summed E-state index contributed by atoms with van der Waals surface area (Å²) in [7, 11) is 0. The molecule has 74 valence electrons. The minimum atomic E-state index is 0.523. The lowest BCUT2D eigenvalue weighted by Gasteiger charge is -2.07. The quantitative estimate of drug-likeness (QED) is 0.711. The second-order valence-corrected chi connectivity index (χ2v) is 3.10. The fourth-order valence-corrected chi connectivity index (χ4v) is 1.37. The first kappa shape index (κ1) is 10.5. The SMILES string of the molecule is Cc1ccccc1/C(=C/C=C\N)CN. The van der Waals surface area contributed by atoms with Gasteiger partial charge in [0.05, 0.1) is 0 Å². The normalized spacial score (nSPS) is 12.3. The Hall–Kier alpha value is -1.54. The second kappa shape index (κ2) is 5.25. The summed E-state index contributed by atoms with van der Waals surface area (Å²) in [5.74, 6) is 0.